The van der Waals surface area contributed by atoms with Gasteiger partial charge in [0.15, 0.2) is 0 Å². The van der Waals surface area contributed by atoms with Gasteiger partial charge in [0, 0.05) is 0 Å². The molecule has 0 radical (unpaired) electrons. The molecule has 0 saturated heterocycles. The molecule has 1 aromatic rings. The molecule has 0 heterocycles. The molecule has 0 bridgehead atoms. The van der Waals surface area contributed by atoms with E-state index in [-0.39, 0.29) is 18.2 Å². The molecule has 3 heteroatoms. The number of carbonyl (C=O) groups is 1. The maximum Gasteiger partial charge on any atom is 0.342 e. The van der Waals surface area contributed by atoms with Crippen LogP contribution in [0.1, 0.15) is 90.4 Å². The summed E-state index contributed by atoms with van der Waals surface area (Å²) >= 11 is 0. The lowest BCUT2D eigenvalue weighted by Crippen LogP contribution is -2.37. The highest BCUT2D eigenvalue weighted by Gasteiger charge is 2.35. The van der Waals surface area contributed by atoms with Gasteiger partial charge in [0.25, 0.3) is 0 Å². The summed E-state index contributed by atoms with van der Waals surface area (Å²) in [6, 6.07) is 7.68. The molecule has 3 rings (SSSR count). The zero-order valence-corrected chi connectivity index (χ0v) is 19.9. The highest BCUT2D eigenvalue weighted by molar-refractivity contribution is 5.92. The molecule has 2 aliphatic carbocycles. The Bertz CT molecular complexity index is 695. The molecule has 30 heavy (non-hydrogen) atoms. The monoisotopic (exact) mass is 414 g/mol. The molecule has 0 amide bonds. The number of hydrogen-bond donors (Lipinski definition) is 0. The van der Waals surface area contributed by atoms with Crippen molar-refractivity contribution in [3.8, 4) is 5.75 Å². The first-order valence-electron chi connectivity index (χ1n) is 12.2. The summed E-state index contributed by atoms with van der Waals surface area (Å²) in [5.74, 6) is 3.84. The fourth-order valence-electron chi connectivity index (χ4n) is 5.60. The van der Waals surface area contributed by atoms with E-state index in [1.54, 1.807) is 0 Å². The molecule has 0 aliphatic heterocycles. The first kappa shape index (κ1) is 23.2. The molecule has 0 spiro atoms. The highest BCUT2D eigenvalue weighted by atomic mass is 16.5. The van der Waals surface area contributed by atoms with Crippen LogP contribution in [0.4, 0.5) is 0 Å². The number of carbonyl (C=O) groups excluding carboxylic acids is 1. The number of rotatable bonds is 6. The van der Waals surface area contributed by atoms with Gasteiger partial charge in [0.1, 0.15) is 23.5 Å². The van der Waals surface area contributed by atoms with Crippen LogP contribution in [0.15, 0.2) is 24.3 Å². The molecule has 2 aliphatic rings. The molecule has 1 aromatic carbocycles. The molecule has 2 fully saturated rings. The minimum atomic E-state index is -0.222. The van der Waals surface area contributed by atoms with Crippen LogP contribution in [0.5, 0.6) is 5.75 Å². The normalized spacial score (nSPS) is 32.3. The predicted octanol–water partition coefficient (Wildman–Crippen LogP) is 7.14. The molecular weight excluding hydrogens is 372 g/mol. The second-order valence-electron chi connectivity index (χ2n) is 10.7. The minimum Gasteiger partial charge on any atom is -0.489 e. The van der Waals surface area contributed by atoms with Crippen LogP contribution in [0.2, 0.25) is 0 Å². The van der Waals surface area contributed by atoms with Crippen molar-refractivity contribution < 1.29 is 14.3 Å². The van der Waals surface area contributed by atoms with E-state index >= 15 is 0 Å². The third kappa shape index (κ3) is 5.59. The van der Waals surface area contributed by atoms with Crippen molar-refractivity contribution in [2.75, 3.05) is 0 Å². The lowest BCUT2D eigenvalue weighted by Gasteiger charge is -2.38. The zero-order chi connectivity index (χ0) is 21.8. The Balaban J connectivity index is 1.76. The SMILES string of the molecule is CC1CCC(C(C)C)C(OC(=O)c2ccccc2OC2CC(C)CCC2C(C)C)C1. The largest absolute Gasteiger partial charge is 0.489 e. The van der Waals surface area contributed by atoms with Crippen LogP contribution in [0, 0.1) is 35.5 Å². The summed E-state index contributed by atoms with van der Waals surface area (Å²) in [5.41, 5.74) is 0.582. The van der Waals surface area contributed by atoms with E-state index in [0.29, 0.717) is 46.8 Å². The highest BCUT2D eigenvalue weighted by Crippen LogP contribution is 2.38. The molecule has 6 unspecified atom stereocenters. The number of esters is 1. The van der Waals surface area contributed by atoms with Crippen LogP contribution in [-0.2, 0) is 4.74 Å². The summed E-state index contributed by atoms with van der Waals surface area (Å²) in [5, 5.41) is 0. The lowest BCUT2D eigenvalue weighted by atomic mass is 9.75. The fraction of sp³-hybridized carbons (Fsp3) is 0.741. The second-order valence-corrected chi connectivity index (χ2v) is 10.7. The summed E-state index contributed by atoms with van der Waals surface area (Å²) < 4.78 is 12.7. The van der Waals surface area contributed by atoms with Crippen molar-refractivity contribution >= 4 is 5.97 Å². The minimum absolute atomic E-state index is 0.00687. The van der Waals surface area contributed by atoms with Crippen molar-refractivity contribution in [2.24, 2.45) is 35.5 Å². The second kappa shape index (κ2) is 10.2. The van der Waals surface area contributed by atoms with Crippen molar-refractivity contribution in [1.82, 2.24) is 0 Å². The summed E-state index contributed by atoms with van der Waals surface area (Å²) in [4.78, 5) is 13.2. The van der Waals surface area contributed by atoms with Gasteiger partial charge in [-0.25, -0.2) is 4.79 Å². The van der Waals surface area contributed by atoms with E-state index in [0.717, 1.165) is 19.3 Å². The predicted molar refractivity (Wildman–Crippen MR) is 123 cm³/mol. The maximum atomic E-state index is 13.2. The van der Waals surface area contributed by atoms with Crippen LogP contribution < -0.4 is 4.74 Å². The van der Waals surface area contributed by atoms with E-state index in [9.17, 15) is 4.79 Å². The van der Waals surface area contributed by atoms with Gasteiger partial charge in [-0.05, 0) is 73.3 Å². The lowest BCUT2D eigenvalue weighted by molar-refractivity contribution is -0.0182. The van der Waals surface area contributed by atoms with Crippen LogP contribution >= 0.6 is 0 Å². The van der Waals surface area contributed by atoms with E-state index in [1.807, 2.05) is 24.3 Å². The van der Waals surface area contributed by atoms with Gasteiger partial charge in [0.05, 0.1) is 0 Å². The first-order valence-corrected chi connectivity index (χ1v) is 12.2. The molecule has 2 saturated carbocycles. The van der Waals surface area contributed by atoms with Gasteiger partial charge in [0.2, 0.25) is 0 Å². The Morgan fingerprint density at radius 3 is 1.97 bits per heavy atom. The smallest absolute Gasteiger partial charge is 0.342 e. The number of para-hydroxylation sites is 1. The summed E-state index contributed by atoms with van der Waals surface area (Å²) in [6.07, 6.45) is 7.04. The molecule has 168 valence electrons. The van der Waals surface area contributed by atoms with Gasteiger partial charge >= 0.3 is 5.97 Å². The third-order valence-corrected chi connectivity index (χ3v) is 7.57. The molecule has 6 atom stereocenters. The van der Waals surface area contributed by atoms with Crippen molar-refractivity contribution in [3.05, 3.63) is 29.8 Å². The molecule has 0 N–H and O–H groups in total. The number of ether oxygens (including phenoxy) is 2. The number of hydrogen-bond acceptors (Lipinski definition) is 3. The number of benzene rings is 1. The standard InChI is InChI=1S/C27H42O3/c1-17(2)21-13-11-19(5)15-25(21)29-24-10-8-7-9-23(24)27(28)30-26-16-20(6)12-14-22(26)18(3)4/h7-10,17-22,25-26H,11-16H2,1-6H3. The molecular formula is C27H42O3. The average Bonchev–Trinajstić information content (AvgIpc) is 2.68. The third-order valence-electron chi connectivity index (χ3n) is 7.57. The van der Waals surface area contributed by atoms with Gasteiger partial charge < -0.3 is 9.47 Å². The summed E-state index contributed by atoms with van der Waals surface area (Å²) in [6.45, 7) is 13.6. The van der Waals surface area contributed by atoms with E-state index < -0.39 is 0 Å². The van der Waals surface area contributed by atoms with Crippen molar-refractivity contribution in [1.29, 1.82) is 0 Å². The van der Waals surface area contributed by atoms with Crippen LogP contribution in [0.3, 0.4) is 0 Å². The zero-order valence-electron chi connectivity index (χ0n) is 19.9. The first-order chi connectivity index (χ1) is 14.3. The Morgan fingerprint density at radius 1 is 0.833 bits per heavy atom. The van der Waals surface area contributed by atoms with E-state index in [4.69, 9.17) is 9.47 Å². The fourth-order valence-corrected chi connectivity index (χ4v) is 5.60. The Morgan fingerprint density at radius 2 is 1.37 bits per heavy atom. The van der Waals surface area contributed by atoms with Gasteiger partial charge in [-0.2, -0.15) is 0 Å². The van der Waals surface area contributed by atoms with E-state index in [2.05, 4.69) is 41.5 Å². The maximum absolute atomic E-state index is 13.2. The van der Waals surface area contributed by atoms with Crippen LogP contribution in [-0.4, -0.2) is 18.2 Å². The van der Waals surface area contributed by atoms with Crippen molar-refractivity contribution in [3.63, 3.8) is 0 Å². The Kier molecular flexibility index (Phi) is 7.87. The van der Waals surface area contributed by atoms with Gasteiger partial charge in [-0.15, -0.1) is 0 Å². The van der Waals surface area contributed by atoms with Crippen molar-refractivity contribution in [2.45, 2.75) is 92.3 Å². The van der Waals surface area contributed by atoms with Gasteiger partial charge in [-0.1, -0.05) is 66.5 Å². The van der Waals surface area contributed by atoms with Crippen LogP contribution in [0.25, 0.3) is 0 Å². The van der Waals surface area contributed by atoms with Gasteiger partial charge in [-0.3, -0.25) is 0 Å². The Hall–Kier alpha value is -1.51. The summed E-state index contributed by atoms with van der Waals surface area (Å²) in [7, 11) is 0. The molecule has 0 aromatic heterocycles. The van der Waals surface area contributed by atoms with E-state index in [1.165, 1.54) is 19.3 Å². The topological polar surface area (TPSA) is 35.5 Å². The quantitative estimate of drug-likeness (QED) is 0.464. The average molecular weight is 415 g/mol. The Labute approximate surface area is 183 Å². The molecule has 3 nitrogen and oxygen atoms in total.